The minimum Gasteiger partial charge on any atom is -0.334 e. The number of halogens is 1. The van der Waals surface area contributed by atoms with Crippen LogP contribution in [0.3, 0.4) is 0 Å². The van der Waals surface area contributed by atoms with Crippen molar-refractivity contribution >= 4 is 30.1 Å². The molecule has 2 N–H and O–H groups in total. The molecule has 5 heteroatoms. The molecule has 1 fully saturated rings. The van der Waals surface area contributed by atoms with Crippen LogP contribution in [0, 0.1) is 0 Å². The SMILES string of the molecule is CC1CSCCN1C(=O)c1ccc(CN)cc1.Cl. The zero-order valence-electron chi connectivity index (χ0n) is 10.5. The summed E-state index contributed by atoms with van der Waals surface area (Å²) in [6.45, 7) is 3.48. The van der Waals surface area contributed by atoms with Gasteiger partial charge < -0.3 is 10.6 Å². The van der Waals surface area contributed by atoms with Crippen molar-refractivity contribution < 1.29 is 4.79 Å². The van der Waals surface area contributed by atoms with E-state index >= 15 is 0 Å². The first-order valence-electron chi connectivity index (χ1n) is 5.90. The van der Waals surface area contributed by atoms with Crippen LogP contribution in [0.15, 0.2) is 24.3 Å². The van der Waals surface area contributed by atoms with E-state index in [0.29, 0.717) is 12.6 Å². The summed E-state index contributed by atoms with van der Waals surface area (Å²) in [5.41, 5.74) is 7.37. The maximum atomic E-state index is 12.3. The summed E-state index contributed by atoms with van der Waals surface area (Å²) in [7, 11) is 0. The van der Waals surface area contributed by atoms with E-state index in [1.165, 1.54) is 0 Å². The standard InChI is InChI=1S/C13H18N2OS.ClH/c1-10-9-17-7-6-15(10)13(16)12-4-2-11(8-14)3-5-12;/h2-5,10H,6-9,14H2,1H3;1H. The minimum absolute atomic E-state index is 0. The largest absolute Gasteiger partial charge is 0.334 e. The summed E-state index contributed by atoms with van der Waals surface area (Å²) in [4.78, 5) is 14.3. The lowest BCUT2D eigenvalue weighted by Gasteiger charge is -2.33. The molecule has 1 aromatic rings. The van der Waals surface area contributed by atoms with Gasteiger partial charge in [-0.25, -0.2) is 0 Å². The summed E-state index contributed by atoms with van der Waals surface area (Å²) in [5.74, 6) is 2.21. The Labute approximate surface area is 119 Å². The van der Waals surface area contributed by atoms with E-state index in [4.69, 9.17) is 5.73 Å². The van der Waals surface area contributed by atoms with Crippen molar-refractivity contribution in [1.29, 1.82) is 0 Å². The van der Waals surface area contributed by atoms with Crippen LogP contribution in [0.1, 0.15) is 22.8 Å². The second kappa shape index (κ2) is 7.02. The highest BCUT2D eigenvalue weighted by Crippen LogP contribution is 2.18. The molecule has 1 amide bonds. The van der Waals surface area contributed by atoms with E-state index in [2.05, 4.69) is 6.92 Å². The number of hydrogen-bond donors (Lipinski definition) is 1. The molecule has 1 unspecified atom stereocenters. The Morgan fingerprint density at radius 1 is 1.44 bits per heavy atom. The summed E-state index contributed by atoms with van der Waals surface area (Å²) < 4.78 is 0. The van der Waals surface area contributed by atoms with Gasteiger partial charge in [0, 0.05) is 36.2 Å². The molecule has 1 aliphatic heterocycles. The number of amides is 1. The van der Waals surface area contributed by atoms with Crippen LogP contribution < -0.4 is 5.73 Å². The maximum Gasteiger partial charge on any atom is 0.254 e. The third-order valence-corrected chi connectivity index (χ3v) is 4.25. The van der Waals surface area contributed by atoms with Gasteiger partial charge in [0.1, 0.15) is 0 Å². The summed E-state index contributed by atoms with van der Waals surface area (Å²) in [5, 5.41) is 0. The van der Waals surface area contributed by atoms with E-state index in [0.717, 1.165) is 29.2 Å². The average molecular weight is 287 g/mol. The van der Waals surface area contributed by atoms with Crippen molar-refractivity contribution in [1.82, 2.24) is 4.90 Å². The number of benzene rings is 1. The fourth-order valence-corrected chi connectivity index (χ4v) is 2.99. The fraction of sp³-hybridized carbons (Fsp3) is 0.462. The van der Waals surface area contributed by atoms with Crippen LogP contribution in [0.5, 0.6) is 0 Å². The number of hydrogen-bond acceptors (Lipinski definition) is 3. The Bertz CT molecular complexity index is 396. The van der Waals surface area contributed by atoms with Gasteiger partial charge in [0.25, 0.3) is 5.91 Å². The van der Waals surface area contributed by atoms with Crippen LogP contribution in [0.2, 0.25) is 0 Å². The lowest BCUT2D eigenvalue weighted by Crippen LogP contribution is -2.44. The van der Waals surface area contributed by atoms with Crippen LogP contribution >= 0.6 is 24.2 Å². The molecule has 0 radical (unpaired) electrons. The van der Waals surface area contributed by atoms with Crippen LogP contribution in [0.25, 0.3) is 0 Å². The molecule has 0 aromatic heterocycles. The Morgan fingerprint density at radius 3 is 2.67 bits per heavy atom. The van der Waals surface area contributed by atoms with Gasteiger partial charge in [-0.05, 0) is 24.6 Å². The lowest BCUT2D eigenvalue weighted by molar-refractivity contribution is 0.0716. The van der Waals surface area contributed by atoms with Crippen molar-refractivity contribution in [3.05, 3.63) is 35.4 Å². The number of nitrogens with two attached hydrogens (primary N) is 1. The molecule has 0 bridgehead atoms. The third-order valence-electron chi connectivity index (χ3n) is 3.07. The monoisotopic (exact) mass is 286 g/mol. The quantitative estimate of drug-likeness (QED) is 0.906. The lowest BCUT2D eigenvalue weighted by atomic mass is 10.1. The highest BCUT2D eigenvalue weighted by molar-refractivity contribution is 7.99. The van der Waals surface area contributed by atoms with E-state index in [-0.39, 0.29) is 18.3 Å². The van der Waals surface area contributed by atoms with Gasteiger partial charge in [0.15, 0.2) is 0 Å². The van der Waals surface area contributed by atoms with Crippen LogP contribution in [-0.4, -0.2) is 34.9 Å². The zero-order chi connectivity index (χ0) is 12.3. The third kappa shape index (κ3) is 3.40. The number of nitrogens with zero attached hydrogens (tertiary/aromatic N) is 1. The minimum atomic E-state index is 0. The molecule has 0 spiro atoms. The Morgan fingerprint density at radius 2 is 2.11 bits per heavy atom. The molecule has 1 atom stereocenters. The number of rotatable bonds is 2. The first-order chi connectivity index (χ1) is 8.22. The average Bonchev–Trinajstić information content (AvgIpc) is 2.39. The van der Waals surface area contributed by atoms with E-state index in [1.807, 2.05) is 40.9 Å². The second-order valence-corrected chi connectivity index (χ2v) is 5.47. The Balaban J connectivity index is 0.00000162. The van der Waals surface area contributed by atoms with Gasteiger partial charge in [-0.1, -0.05) is 12.1 Å². The normalized spacial score (nSPS) is 19.2. The van der Waals surface area contributed by atoms with Crippen LogP contribution in [-0.2, 0) is 6.54 Å². The Hall–Kier alpha value is -0.710. The smallest absolute Gasteiger partial charge is 0.254 e. The summed E-state index contributed by atoms with van der Waals surface area (Å²) >= 11 is 1.92. The predicted molar refractivity (Wildman–Crippen MR) is 79.4 cm³/mol. The van der Waals surface area contributed by atoms with Crippen molar-refractivity contribution in [3.8, 4) is 0 Å². The highest BCUT2D eigenvalue weighted by Gasteiger charge is 2.24. The molecular weight excluding hydrogens is 268 g/mol. The van der Waals surface area contributed by atoms with Gasteiger partial charge in [-0.15, -0.1) is 12.4 Å². The number of carbonyl (C=O) groups excluding carboxylic acids is 1. The first-order valence-corrected chi connectivity index (χ1v) is 7.05. The van der Waals surface area contributed by atoms with Gasteiger partial charge in [0.05, 0.1) is 0 Å². The van der Waals surface area contributed by atoms with Crippen molar-refractivity contribution in [2.75, 3.05) is 18.1 Å². The van der Waals surface area contributed by atoms with Gasteiger partial charge >= 0.3 is 0 Å². The molecule has 100 valence electrons. The van der Waals surface area contributed by atoms with Crippen LogP contribution in [0.4, 0.5) is 0 Å². The van der Waals surface area contributed by atoms with E-state index in [9.17, 15) is 4.79 Å². The van der Waals surface area contributed by atoms with Crippen molar-refractivity contribution in [2.24, 2.45) is 5.73 Å². The first kappa shape index (κ1) is 15.3. The Kier molecular flexibility index (Phi) is 5.99. The molecular formula is C13H19ClN2OS. The topological polar surface area (TPSA) is 46.3 Å². The molecule has 1 aromatic carbocycles. The second-order valence-electron chi connectivity index (χ2n) is 4.32. The van der Waals surface area contributed by atoms with Gasteiger partial charge in [0.2, 0.25) is 0 Å². The maximum absolute atomic E-state index is 12.3. The molecule has 3 nitrogen and oxygen atoms in total. The molecule has 1 heterocycles. The number of carbonyl (C=O) groups is 1. The van der Waals surface area contributed by atoms with E-state index in [1.54, 1.807) is 0 Å². The van der Waals surface area contributed by atoms with Crippen molar-refractivity contribution in [3.63, 3.8) is 0 Å². The molecule has 18 heavy (non-hydrogen) atoms. The molecule has 0 aliphatic carbocycles. The molecule has 1 aliphatic rings. The molecule has 1 saturated heterocycles. The van der Waals surface area contributed by atoms with Gasteiger partial charge in [-0.2, -0.15) is 11.8 Å². The predicted octanol–water partition coefficient (Wildman–Crippen LogP) is 2.14. The fourth-order valence-electron chi connectivity index (χ4n) is 1.98. The summed E-state index contributed by atoms with van der Waals surface area (Å²) in [6, 6.07) is 7.93. The molecule has 0 saturated carbocycles. The zero-order valence-corrected chi connectivity index (χ0v) is 12.1. The molecule has 2 rings (SSSR count). The highest BCUT2D eigenvalue weighted by atomic mass is 35.5. The van der Waals surface area contributed by atoms with E-state index < -0.39 is 0 Å². The summed E-state index contributed by atoms with van der Waals surface area (Å²) in [6.07, 6.45) is 0. The number of thioether (sulfide) groups is 1. The van der Waals surface area contributed by atoms with Crippen molar-refractivity contribution in [2.45, 2.75) is 19.5 Å². The van der Waals surface area contributed by atoms with Gasteiger partial charge in [-0.3, -0.25) is 4.79 Å².